The van der Waals surface area contributed by atoms with Crippen LogP contribution in [0, 0.1) is 10.5 Å². The van der Waals surface area contributed by atoms with Gasteiger partial charge in [-0.3, -0.25) is 0 Å². The molecule has 0 bridgehead atoms. The van der Waals surface area contributed by atoms with Crippen molar-refractivity contribution in [1.82, 2.24) is 0 Å². The van der Waals surface area contributed by atoms with Gasteiger partial charge in [-0.2, -0.15) is 0 Å². The molecule has 0 unspecified atom stereocenters. The summed E-state index contributed by atoms with van der Waals surface area (Å²) in [5.41, 5.74) is 3.53. The summed E-state index contributed by atoms with van der Waals surface area (Å²) in [7, 11) is 0. The lowest BCUT2D eigenvalue weighted by Gasteiger charge is -2.15. The first-order valence-corrected chi connectivity index (χ1v) is 7.79. The topological polar surface area (TPSA) is 21.6 Å². The monoisotopic (exact) mass is 377 g/mol. The molecule has 0 saturated carbocycles. The third-order valence-corrected chi connectivity index (χ3v) is 4.98. The summed E-state index contributed by atoms with van der Waals surface area (Å²) in [6.07, 6.45) is 0.0162. The van der Waals surface area contributed by atoms with Crippen molar-refractivity contribution in [1.29, 1.82) is 0 Å². The molecule has 0 saturated heterocycles. The van der Waals surface area contributed by atoms with Gasteiger partial charge in [-0.05, 0) is 53.6 Å². The minimum absolute atomic E-state index is 0.0162. The molecule has 2 atom stereocenters. The average Bonchev–Trinajstić information content (AvgIpc) is 2.85. The van der Waals surface area contributed by atoms with Crippen LogP contribution < -0.4 is 0 Å². The first-order valence-electron chi connectivity index (χ1n) is 6.71. The van der Waals surface area contributed by atoms with Crippen LogP contribution in [0.5, 0.6) is 0 Å². The van der Waals surface area contributed by atoms with Crippen molar-refractivity contribution >= 4 is 28.5 Å². The predicted molar refractivity (Wildman–Crippen MR) is 90.2 cm³/mol. The Morgan fingerprint density at radius 3 is 2.55 bits per heavy atom. The summed E-state index contributed by atoms with van der Waals surface area (Å²) in [5, 5.41) is 0. The fourth-order valence-electron chi connectivity index (χ4n) is 2.44. The van der Waals surface area contributed by atoms with Crippen LogP contribution in [-0.2, 0) is 4.74 Å². The first-order chi connectivity index (χ1) is 9.66. The Bertz CT molecular complexity index is 651. The number of hydrogen-bond donors (Lipinski definition) is 0. The van der Waals surface area contributed by atoms with E-state index in [1.54, 1.807) is 0 Å². The van der Waals surface area contributed by atoms with Crippen LogP contribution in [0.25, 0.3) is 0 Å². The van der Waals surface area contributed by atoms with Gasteiger partial charge in [0, 0.05) is 9.13 Å². The number of hydrogen-bond acceptors (Lipinski definition) is 2. The van der Waals surface area contributed by atoms with E-state index in [4.69, 9.17) is 9.73 Å². The van der Waals surface area contributed by atoms with Gasteiger partial charge < -0.3 is 4.74 Å². The largest absolute Gasteiger partial charge is 0.467 e. The summed E-state index contributed by atoms with van der Waals surface area (Å²) in [6.45, 7) is 4.21. The van der Waals surface area contributed by atoms with E-state index < -0.39 is 0 Å². The number of benzene rings is 2. The standard InChI is InChI=1S/C17H16INO/c1-11-7-6-10-14(15(11)18)17-19-12(2)16(20-17)13-8-4-3-5-9-13/h3-10,12,16H,1-2H3/t12-,16-/m1/s1. The Morgan fingerprint density at radius 2 is 1.80 bits per heavy atom. The molecule has 2 nitrogen and oxygen atoms in total. The van der Waals surface area contributed by atoms with Crippen LogP contribution in [0.4, 0.5) is 0 Å². The molecule has 0 radical (unpaired) electrons. The number of aryl methyl sites for hydroxylation is 1. The van der Waals surface area contributed by atoms with Gasteiger partial charge in [-0.25, -0.2) is 4.99 Å². The van der Waals surface area contributed by atoms with Gasteiger partial charge in [-0.1, -0.05) is 42.5 Å². The van der Waals surface area contributed by atoms with Gasteiger partial charge >= 0.3 is 0 Å². The van der Waals surface area contributed by atoms with Gasteiger partial charge in [0.25, 0.3) is 0 Å². The van der Waals surface area contributed by atoms with Crippen molar-refractivity contribution in [3.05, 3.63) is 68.8 Å². The van der Waals surface area contributed by atoms with Gasteiger partial charge in [-0.15, -0.1) is 0 Å². The molecule has 0 aromatic heterocycles. The Balaban J connectivity index is 1.91. The Morgan fingerprint density at radius 1 is 1.05 bits per heavy atom. The van der Waals surface area contributed by atoms with E-state index in [2.05, 4.69) is 66.8 Å². The molecule has 102 valence electrons. The van der Waals surface area contributed by atoms with Gasteiger partial charge in [0.1, 0.15) is 6.10 Å². The van der Waals surface area contributed by atoms with E-state index in [-0.39, 0.29) is 12.1 Å². The van der Waals surface area contributed by atoms with Crippen LogP contribution in [0.2, 0.25) is 0 Å². The molecule has 1 aliphatic heterocycles. The maximum Gasteiger partial charge on any atom is 0.218 e. The molecule has 0 spiro atoms. The highest BCUT2D eigenvalue weighted by Gasteiger charge is 2.30. The molecule has 2 aromatic carbocycles. The summed E-state index contributed by atoms with van der Waals surface area (Å²) >= 11 is 2.36. The Hall–Kier alpha value is -1.36. The van der Waals surface area contributed by atoms with Gasteiger partial charge in [0.2, 0.25) is 5.90 Å². The predicted octanol–water partition coefficient (Wildman–Crippen LogP) is 4.51. The molecule has 1 heterocycles. The van der Waals surface area contributed by atoms with Crippen LogP contribution in [0.1, 0.15) is 29.7 Å². The molecule has 0 N–H and O–H groups in total. The molecule has 0 fully saturated rings. The highest BCUT2D eigenvalue weighted by atomic mass is 127. The lowest BCUT2D eigenvalue weighted by molar-refractivity contribution is 0.202. The number of halogens is 1. The normalized spacial score (nSPS) is 21.4. The fourth-order valence-corrected chi connectivity index (χ4v) is 3.03. The number of rotatable bonds is 2. The average molecular weight is 377 g/mol. The number of nitrogens with zero attached hydrogens (tertiary/aromatic N) is 1. The summed E-state index contributed by atoms with van der Waals surface area (Å²) < 4.78 is 7.34. The Labute approximate surface area is 133 Å². The zero-order valence-electron chi connectivity index (χ0n) is 11.5. The zero-order valence-corrected chi connectivity index (χ0v) is 13.7. The molecular formula is C17H16INO. The molecule has 20 heavy (non-hydrogen) atoms. The summed E-state index contributed by atoms with van der Waals surface area (Å²) in [5.74, 6) is 0.763. The minimum Gasteiger partial charge on any atom is -0.467 e. The second-order valence-electron chi connectivity index (χ2n) is 5.06. The number of aliphatic imine (C=N–C) groups is 1. The smallest absolute Gasteiger partial charge is 0.218 e. The summed E-state index contributed by atoms with van der Waals surface area (Å²) in [6, 6.07) is 16.7. The van der Waals surface area contributed by atoms with Crippen LogP contribution in [0.15, 0.2) is 53.5 Å². The SMILES string of the molecule is Cc1cccc(C2=N[C@H](C)[C@H](c3ccccc3)O2)c1I. The van der Waals surface area contributed by atoms with Crippen molar-refractivity contribution in [3.63, 3.8) is 0 Å². The Kier molecular flexibility index (Phi) is 3.78. The van der Waals surface area contributed by atoms with Crippen LogP contribution >= 0.6 is 22.6 Å². The fraction of sp³-hybridized carbons (Fsp3) is 0.235. The van der Waals surface area contributed by atoms with Crippen LogP contribution in [0.3, 0.4) is 0 Å². The van der Waals surface area contributed by atoms with E-state index >= 15 is 0 Å². The lowest BCUT2D eigenvalue weighted by atomic mass is 10.0. The molecule has 0 amide bonds. The van der Waals surface area contributed by atoms with E-state index in [1.807, 2.05) is 18.2 Å². The third-order valence-electron chi connectivity index (χ3n) is 3.55. The molecule has 2 aromatic rings. The zero-order chi connectivity index (χ0) is 14.1. The molecule has 3 rings (SSSR count). The lowest BCUT2D eigenvalue weighted by Crippen LogP contribution is -2.11. The second kappa shape index (κ2) is 5.56. The van der Waals surface area contributed by atoms with Crippen molar-refractivity contribution in [3.8, 4) is 0 Å². The maximum absolute atomic E-state index is 6.13. The van der Waals surface area contributed by atoms with Crippen LogP contribution in [-0.4, -0.2) is 11.9 Å². The molecule has 3 heteroatoms. The van der Waals surface area contributed by atoms with E-state index in [9.17, 15) is 0 Å². The number of ether oxygens (including phenoxy) is 1. The highest BCUT2D eigenvalue weighted by Crippen LogP contribution is 2.32. The molecule has 0 aliphatic carbocycles. The maximum atomic E-state index is 6.13. The summed E-state index contributed by atoms with van der Waals surface area (Å²) in [4.78, 5) is 4.71. The van der Waals surface area contributed by atoms with Crippen molar-refractivity contribution in [2.75, 3.05) is 0 Å². The second-order valence-corrected chi connectivity index (χ2v) is 6.14. The van der Waals surface area contributed by atoms with Gasteiger partial charge in [0.15, 0.2) is 0 Å². The van der Waals surface area contributed by atoms with E-state index in [0.29, 0.717) is 0 Å². The first kappa shape index (κ1) is 13.6. The third kappa shape index (κ3) is 2.46. The minimum atomic E-state index is 0.0162. The molecular weight excluding hydrogens is 361 g/mol. The molecule has 1 aliphatic rings. The van der Waals surface area contributed by atoms with Gasteiger partial charge in [0.05, 0.1) is 6.04 Å². The van der Waals surface area contributed by atoms with Crippen molar-refractivity contribution in [2.24, 2.45) is 4.99 Å². The van der Waals surface area contributed by atoms with E-state index in [0.717, 1.165) is 11.5 Å². The highest BCUT2D eigenvalue weighted by molar-refractivity contribution is 14.1. The van der Waals surface area contributed by atoms with E-state index in [1.165, 1.54) is 14.7 Å². The van der Waals surface area contributed by atoms with Crippen molar-refractivity contribution < 1.29 is 4.74 Å². The van der Waals surface area contributed by atoms with Crippen molar-refractivity contribution in [2.45, 2.75) is 26.0 Å². The quantitative estimate of drug-likeness (QED) is 0.706.